The number of nitrogens with one attached hydrogen (secondary N) is 1. The lowest BCUT2D eigenvalue weighted by atomic mass is 10.1. The number of ether oxygens (including phenoxy) is 1. The Balaban J connectivity index is 1.72. The van der Waals surface area contributed by atoms with Crippen LogP contribution in [-0.2, 0) is 18.3 Å². The molecule has 1 saturated heterocycles. The number of benzene rings is 1. The molecular formula is C24H33N5O6PSi+. The minimum absolute atomic E-state index is 0.123. The molecule has 1 aromatic carbocycles. The molecule has 13 heteroatoms. The topological polar surface area (TPSA) is 138 Å². The average molecular weight is 547 g/mol. The van der Waals surface area contributed by atoms with Crippen molar-refractivity contribution in [3.8, 4) is 0 Å². The van der Waals surface area contributed by atoms with Gasteiger partial charge in [0.2, 0.25) is 0 Å². The Labute approximate surface area is 217 Å². The molecule has 1 amide bonds. The standard InChI is InChI=1S/C24H32N5O6PSi/c1-7-16-18(34-36(31)32)19(35-37(5,6)24(2,3)4)23(33-16)29-14-27-17-20(25-13-26-21(17)29)28-22(30)15-11-9-8-10-12-15/h8-14,16,18-19,23H,7H2,1-6H3,(H-,25,26,28,30,31,32)/p+1/t16-,18-,19-,23-/m1/s1. The number of nitrogens with zero attached hydrogens (tertiary/aromatic N) is 4. The second-order valence-electron chi connectivity index (χ2n) is 10.5. The highest BCUT2D eigenvalue weighted by Gasteiger charge is 2.54. The van der Waals surface area contributed by atoms with E-state index in [1.54, 1.807) is 35.2 Å². The third kappa shape index (κ3) is 5.64. The molecule has 1 aliphatic rings. The van der Waals surface area contributed by atoms with Crippen molar-refractivity contribution >= 4 is 39.5 Å². The number of carbonyl (C=O) groups excluding carboxylic acids is 1. The van der Waals surface area contributed by atoms with Gasteiger partial charge in [-0.15, -0.1) is 9.42 Å². The number of rotatable bonds is 8. The molecule has 0 radical (unpaired) electrons. The minimum atomic E-state index is -2.88. The largest absolute Gasteiger partial charge is 0.695 e. The molecule has 0 spiro atoms. The van der Waals surface area contributed by atoms with Gasteiger partial charge in [0, 0.05) is 10.1 Å². The van der Waals surface area contributed by atoms with E-state index in [0.29, 0.717) is 23.1 Å². The van der Waals surface area contributed by atoms with E-state index in [1.165, 1.54) is 6.33 Å². The van der Waals surface area contributed by atoms with Gasteiger partial charge in [0.15, 0.2) is 37.6 Å². The van der Waals surface area contributed by atoms with E-state index >= 15 is 0 Å². The smallest absolute Gasteiger partial charge is 0.406 e. The van der Waals surface area contributed by atoms with Crippen molar-refractivity contribution in [2.45, 2.75) is 76.8 Å². The van der Waals surface area contributed by atoms with Crippen LogP contribution in [0.3, 0.4) is 0 Å². The first kappa shape index (κ1) is 27.4. The van der Waals surface area contributed by atoms with Crippen molar-refractivity contribution < 1.29 is 27.9 Å². The van der Waals surface area contributed by atoms with E-state index in [2.05, 4.69) is 54.1 Å². The lowest BCUT2D eigenvalue weighted by Gasteiger charge is -2.40. The Morgan fingerprint density at radius 3 is 2.51 bits per heavy atom. The maximum absolute atomic E-state index is 12.7. The number of carbonyl (C=O) groups is 1. The second kappa shape index (κ2) is 10.6. The zero-order valence-corrected chi connectivity index (χ0v) is 23.7. The van der Waals surface area contributed by atoms with Gasteiger partial charge in [-0.25, -0.2) is 15.0 Å². The van der Waals surface area contributed by atoms with Gasteiger partial charge in [0.25, 0.3) is 5.91 Å². The fourth-order valence-electron chi connectivity index (χ4n) is 4.03. The van der Waals surface area contributed by atoms with Crippen LogP contribution in [0.25, 0.3) is 11.2 Å². The van der Waals surface area contributed by atoms with Crippen LogP contribution in [0.4, 0.5) is 5.82 Å². The molecule has 3 heterocycles. The number of anilines is 1. The summed E-state index contributed by atoms with van der Waals surface area (Å²) in [6.07, 6.45) is 0.773. The molecule has 0 saturated carbocycles. The molecule has 2 N–H and O–H groups in total. The molecular weight excluding hydrogens is 513 g/mol. The van der Waals surface area contributed by atoms with Crippen LogP contribution in [0.5, 0.6) is 0 Å². The van der Waals surface area contributed by atoms with Crippen LogP contribution in [-0.4, -0.2) is 56.9 Å². The number of hydrogen-bond donors (Lipinski definition) is 2. The number of aromatic nitrogens is 4. The Kier molecular flexibility index (Phi) is 7.89. The molecule has 0 aliphatic carbocycles. The summed E-state index contributed by atoms with van der Waals surface area (Å²) in [7, 11) is -5.24. The van der Waals surface area contributed by atoms with Crippen LogP contribution in [0, 0.1) is 0 Å². The first-order valence-corrected chi connectivity index (χ1v) is 16.2. The molecule has 3 aromatic rings. The van der Waals surface area contributed by atoms with Crippen LogP contribution in [0.2, 0.25) is 18.1 Å². The Hall–Kier alpha value is -2.60. The molecule has 198 valence electrons. The van der Waals surface area contributed by atoms with E-state index in [1.807, 2.05) is 13.0 Å². The fourth-order valence-corrected chi connectivity index (χ4v) is 5.78. The van der Waals surface area contributed by atoms with Crippen molar-refractivity contribution in [3.05, 3.63) is 48.5 Å². The van der Waals surface area contributed by atoms with E-state index in [-0.39, 0.29) is 16.8 Å². The van der Waals surface area contributed by atoms with Crippen molar-refractivity contribution in [2.75, 3.05) is 5.32 Å². The lowest BCUT2D eigenvalue weighted by molar-refractivity contribution is -0.0324. The SMILES string of the molecule is CC[C@H]1O[C@@H](n2cnc3c(NC(=O)c4ccccc4)ncnc32)[C@H](O[Si](C)(C)C(C)(C)C)[C@@H]1O[P+](=O)O. The summed E-state index contributed by atoms with van der Waals surface area (Å²) in [5.74, 6) is -0.0617. The van der Waals surface area contributed by atoms with Crippen molar-refractivity contribution in [2.24, 2.45) is 0 Å². The quantitative estimate of drug-likeness (QED) is 0.301. The zero-order chi connectivity index (χ0) is 27.0. The van der Waals surface area contributed by atoms with E-state index < -0.39 is 41.1 Å². The molecule has 2 aromatic heterocycles. The molecule has 11 nitrogen and oxygen atoms in total. The molecule has 37 heavy (non-hydrogen) atoms. The highest BCUT2D eigenvalue weighted by molar-refractivity contribution is 7.32. The third-order valence-electron chi connectivity index (χ3n) is 7.04. The summed E-state index contributed by atoms with van der Waals surface area (Å²) >= 11 is 0. The summed E-state index contributed by atoms with van der Waals surface area (Å²) in [5.41, 5.74) is 1.29. The monoisotopic (exact) mass is 546 g/mol. The van der Waals surface area contributed by atoms with Crippen molar-refractivity contribution in [3.63, 3.8) is 0 Å². The summed E-state index contributed by atoms with van der Waals surface area (Å²) in [5, 5.41) is 2.68. The average Bonchev–Trinajstić information content (AvgIpc) is 3.40. The fraction of sp³-hybridized carbons (Fsp3) is 0.500. The highest BCUT2D eigenvalue weighted by atomic mass is 31.1. The van der Waals surface area contributed by atoms with Gasteiger partial charge in [-0.2, -0.15) is 0 Å². The summed E-state index contributed by atoms with van der Waals surface area (Å²) in [6.45, 7) is 12.5. The van der Waals surface area contributed by atoms with Crippen molar-refractivity contribution in [1.82, 2.24) is 19.5 Å². The van der Waals surface area contributed by atoms with Gasteiger partial charge in [-0.1, -0.05) is 45.9 Å². The Morgan fingerprint density at radius 1 is 1.19 bits per heavy atom. The van der Waals surface area contributed by atoms with Crippen LogP contribution in [0.15, 0.2) is 43.0 Å². The molecule has 4 rings (SSSR count). The second-order valence-corrected chi connectivity index (χ2v) is 15.9. The summed E-state index contributed by atoms with van der Waals surface area (Å²) in [6, 6.07) is 8.81. The van der Waals surface area contributed by atoms with Crippen LogP contribution < -0.4 is 5.32 Å². The normalized spacial score (nSPS) is 22.8. The molecule has 1 fully saturated rings. The van der Waals surface area contributed by atoms with Gasteiger partial charge in [-0.3, -0.25) is 9.36 Å². The Morgan fingerprint density at radius 2 is 1.89 bits per heavy atom. The maximum Gasteiger partial charge on any atom is 0.695 e. The molecule has 1 unspecified atom stereocenters. The van der Waals surface area contributed by atoms with E-state index in [9.17, 15) is 14.3 Å². The van der Waals surface area contributed by atoms with Gasteiger partial charge in [-0.05, 0) is 36.7 Å². The van der Waals surface area contributed by atoms with E-state index in [0.717, 1.165) is 0 Å². The Bertz CT molecular complexity index is 1280. The molecule has 1 aliphatic heterocycles. The van der Waals surface area contributed by atoms with Gasteiger partial charge < -0.3 is 14.5 Å². The minimum Gasteiger partial charge on any atom is -0.406 e. The first-order valence-electron chi connectivity index (χ1n) is 12.1. The van der Waals surface area contributed by atoms with E-state index in [4.69, 9.17) is 13.7 Å². The van der Waals surface area contributed by atoms with Crippen molar-refractivity contribution in [1.29, 1.82) is 0 Å². The number of fused-ring (bicyclic) bond motifs is 1. The van der Waals surface area contributed by atoms with Gasteiger partial charge >= 0.3 is 8.25 Å². The molecule has 5 atom stereocenters. The van der Waals surface area contributed by atoms with Gasteiger partial charge in [0.05, 0.1) is 12.4 Å². The molecule has 0 bridgehead atoms. The predicted molar refractivity (Wildman–Crippen MR) is 141 cm³/mol. The number of amides is 1. The number of hydrogen-bond acceptors (Lipinski definition) is 8. The highest BCUT2D eigenvalue weighted by Crippen LogP contribution is 2.45. The lowest BCUT2D eigenvalue weighted by Crippen LogP contribution is -2.48. The summed E-state index contributed by atoms with van der Waals surface area (Å²) < 4.78 is 32.0. The van der Waals surface area contributed by atoms with Crippen LogP contribution >= 0.6 is 8.25 Å². The summed E-state index contributed by atoms with van der Waals surface area (Å²) in [4.78, 5) is 35.5. The third-order valence-corrected chi connectivity index (χ3v) is 11.9. The van der Waals surface area contributed by atoms with Gasteiger partial charge in [0.1, 0.15) is 12.4 Å². The van der Waals surface area contributed by atoms with Crippen LogP contribution in [0.1, 0.15) is 50.7 Å². The number of imidazole rings is 1. The zero-order valence-electron chi connectivity index (χ0n) is 21.8. The predicted octanol–water partition coefficient (Wildman–Crippen LogP) is 4.81. The maximum atomic E-state index is 12.7. The first-order chi connectivity index (χ1) is 17.4.